The molecule has 2 nitrogen and oxygen atoms in total. The van der Waals surface area contributed by atoms with Crippen molar-refractivity contribution < 1.29 is 4.79 Å². The second kappa shape index (κ2) is 6.58. The van der Waals surface area contributed by atoms with Crippen LogP contribution in [0.25, 0.3) is 11.1 Å². The summed E-state index contributed by atoms with van der Waals surface area (Å²) in [7, 11) is 0. The number of carbonyl (C=O) groups is 1. The second-order valence-electron chi connectivity index (χ2n) is 5.10. The lowest BCUT2D eigenvalue weighted by Gasteiger charge is -2.08. The first-order chi connectivity index (χ1) is 9.54. The molecule has 0 saturated carbocycles. The molecule has 2 aromatic rings. The molecule has 0 atom stereocenters. The van der Waals surface area contributed by atoms with Gasteiger partial charge in [0.2, 0.25) is 5.91 Å². The highest BCUT2D eigenvalue weighted by molar-refractivity contribution is 6.30. The van der Waals surface area contributed by atoms with Gasteiger partial charge in [0.05, 0.1) is 6.42 Å². The van der Waals surface area contributed by atoms with Crippen molar-refractivity contribution in [2.75, 3.05) is 0 Å². The minimum absolute atomic E-state index is 0.0549. The molecule has 0 aliphatic rings. The minimum Gasteiger partial charge on any atom is -0.354 e. The molecule has 0 spiro atoms. The third kappa shape index (κ3) is 4.10. The first kappa shape index (κ1) is 14.6. The highest BCUT2D eigenvalue weighted by Gasteiger charge is 2.05. The summed E-state index contributed by atoms with van der Waals surface area (Å²) in [5.41, 5.74) is 3.25. The number of amides is 1. The van der Waals surface area contributed by atoms with Gasteiger partial charge in [0.1, 0.15) is 0 Å². The number of benzene rings is 2. The summed E-state index contributed by atoms with van der Waals surface area (Å²) in [5.74, 6) is 0.0549. The van der Waals surface area contributed by atoms with Crippen LogP contribution in [0.3, 0.4) is 0 Å². The Balaban J connectivity index is 2.06. The van der Waals surface area contributed by atoms with Crippen LogP contribution in [0.15, 0.2) is 48.5 Å². The normalized spacial score (nSPS) is 10.6. The van der Waals surface area contributed by atoms with Crippen molar-refractivity contribution in [2.45, 2.75) is 26.3 Å². The molecule has 0 saturated heterocycles. The SMILES string of the molecule is CC(C)NC(=O)Cc1ccc(-c2ccc(Cl)cc2)cc1. The molecular weight excluding hydrogens is 270 g/mol. The van der Waals surface area contributed by atoms with Crippen LogP contribution in [-0.2, 0) is 11.2 Å². The largest absolute Gasteiger partial charge is 0.354 e. The summed E-state index contributed by atoms with van der Waals surface area (Å²) < 4.78 is 0. The monoisotopic (exact) mass is 287 g/mol. The van der Waals surface area contributed by atoms with Gasteiger partial charge in [-0.1, -0.05) is 48.0 Å². The van der Waals surface area contributed by atoms with Crippen molar-refractivity contribution in [2.24, 2.45) is 0 Å². The van der Waals surface area contributed by atoms with E-state index < -0.39 is 0 Å². The Morgan fingerprint density at radius 2 is 1.50 bits per heavy atom. The summed E-state index contributed by atoms with van der Waals surface area (Å²) in [6, 6.07) is 15.9. The van der Waals surface area contributed by atoms with Crippen LogP contribution >= 0.6 is 11.6 Å². The molecule has 0 radical (unpaired) electrons. The zero-order valence-electron chi connectivity index (χ0n) is 11.7. The predicted octanol–water partition coefficient (Wildman–Crippen LogP) is 4.07. The van der Waals surface area contributed by atoms with Crippen molar-refractivity contribution in [3.8, 4) is 11.1 Å². The molecule has 2 aromatic carbocycles. The summed E-state index contributed by atoms with van der Waals surface area (Å²) in [6.45, 7) is 3.92. The number of nitrogens with one attached hydrogen (secondary N) is 1. The van der Waals surface area contributed by atoms with Crippen molar-refractivity contribution in [1.82, 2.24) is 5.32 Å². The van der Waals surface area contributed by atoms with Crippen LogP contribution in [0.4, 0.5) is 0 Å². The lowest BCUT2D eigenvalue weighted by molar-refractivity contribution is -0.120. The van der Waals surface area contributed by atoms with Gasteiger partial charge in [-0.05, 0) is 42.7 Å². The maximum Gasteiger partial charge on any atom is 0.224 e. The number of rotatable bonds is 4. The number of hydrogen-bond donors (Lipinski definition) is 1. The molecule has 0 fully saturated rings. The van der Waals surface area contributed by atoms with Gasteiger partial charge in [0, 0.05) is 11.1 Å². The quantitative estimate of drug-likeness (QED) is 0.902. The first-order valence-corrected chi connectivity index (χ1v) is 7.06. The Hall–Kier alpha value is -1.80. The van der Waals surface area contributed by atoms with Gasteiger partial charge in [0.15, 0.2) is 0 Å². The zero-order chi connectivity index (χ0) is 14.5. The van der Waals surface area contributed by atoms with E-state index in [4.69, 9.17) is 11.6 Å². The third-order valence-corrected chi connectivity index (χ3v) is 3.20. The fourth-order valence-electron chi connectivity index (χ4n) is 2.02. The fourth-order valence-corrected chi connectivity index (χ4v) is 2.14. The lowest BCUT2D eigenvalue weighted by Crippen LogP contribution is -2.31. The van der Waals surface area contributed by atoms with Crippen LogP contribution in [0.2, 0.25) is 5.02 Å². The Morgan fingerprint density at radius 3 is 2.00 bits per heavy atom. The van der Waals surface area contributed by atoms with E-state index in [1.807, 2.05) is 62.4 Å². The maximum atomic E-state index is 11.7. The van der Waals surface area contributed by atoms with E-state index in [-0.39, 0.29) is 11.9 Å². The van der Waals surface area contributed by atoms with Gasteiger partial charge < -0.3 is 5.32 Å². The Bertz CT molecular complexity index is 573. The van der Waals surface area contributed by atoms with E-state index >= 15 is 0 Å². The van der Waals surface area contributed by atoms with Crippen molar-refractivity contribution >= 4 is 17.5 Å². The van der Waals surface area contributed by atoms with Crippen LogP contribution < -0.4 is 5.32 Å². The molecule has 2 rings (SSSR count). The Labute approximate surface area is 124 Å². The van der Waals surface area contributed by atoms with Crippen molar-refractivity contribution in [3.05, 3.63) is 59.1 Å². The van der Waals surface area contributed by atoms with Gasteiger partial charge in [-0.15, -0.1) is 0 Å². The first-order valence-electron chi connectivity index (χ1n) is 6.69. The topological polar surface area (TPSA) is 29.1 Å². The minimum atomic E-state index is 0.0549. The van der Waals surface area contributed by atoms with Gasteiger partial charge in [-0.3, -0.25) is 4.79 Å². The average Bonchev–Trinajstić information content (AvgIpc) is 2.39. The van der Waals surface area contributed by atoms with E-state index in [2.05, 4.69) is 5.32 Å². The molecule has 0 unspecified atom stereocenters. The highest BCUT2D eigenvalue weighted by atomic mass is 35.5. The average molecular weight is 288 g/mol. The molecule has 0 aliphatic carbocycles. The summed E-state index contributed by atoms with van der Waals surface area (Å²) >= 11 is 5.88. The lowest BCUT2D eigenvalue weighted by atomic mass is 10.0. The molecule has 20 heavy (non-hydrogen) atoms. The zero-order valence-corrected chi connectivity index (χ0v) is 12.4. The molecule has 104 valence electrons. The Kier molecular flexibility index (Phi) is 4.80. The molecule has 0 aromatic heterocycles. The van der Waals surface area contributed by atoms with E-state index in [0.29, 0.717) is 6.42 Å². The number of hydrogen-bond acceptors (Lipinski definition) is 1. The van der Waals surface area contributed by atoms with Crippen LogP contribution in [0, 0.1) is 0 Å². The number of carbonyl (C=O) groups excluding carboxylic acids is 1. The molecule has 0 aliphatic heterocycles. The van der Waals surface area contributed by atoms with Gasteiger partial charge in [-0.25, -0.2) is 0 Å². The summed E-state index contributed by atoms with van der Waals surface area (Å²) in [5, 5.41) is 3.62. The molecule has 1 N–H and O–H groups in total. The molecule has 3 heteroatoms. The van der Waals surface area contributed by atoms with E-state index in [1.54, 1.807) is 0 Å². The van der Waals surface area contributed by atoms with E-state index in [0.717, 1.165) is 21.7 Å². The highest BCUT2D eigenvalue weighted by Crippen LogP contribution is 2.21. The predicted molar refractivity (Wildman–Crippen MR) is 83.9 cm³/mol. The van der Waals surface area contributed by atoms with Crippen molar-refractivity contribution in [1.29, 1.82) is 0 Å². The fraction of sp³-hybridized carbons (Fsp3) is 0.235. The Morgan fingerprint density at radius 1 is 1.00 bits per heavy atom. The van der Waals surface area contributed by atoms with Crippen LogP contribution in [-0.4, -0.2) is 11.9 Å². The van der Waals surface area contributed by atoms with E-state index in [9.17, 15) is 4.79 Å². The van der Waals surface area contributed by atoms with Crippen LogP contribution in [0.1, 0.15) is 19.4 Å². The molecule has 0 bridgehead atoms. The molecule has 1 amide bonds. The summed E-state index contributed by atoms with van der Waals surface area (Å²) in [4.78, 5) is 11.7. The molecule has 0 heterocycles. The third-order valence-electron chi connectivity index (χ3n) is 2.95. The maximum absolute atomic E-state index is 11.7. The second-order valence-corrected chi connectivity index (χ2v) is 5.54. The van der Waals surface area contributed by atoms with Gasteiger partial charge in [-0.2, -0.15) is 0 Å². The standard InChI is InChI=1S/C17H18ClNO/c1-12(2)19-17(20)11-13-3-5-14(6-4-13)15-7-9-16(18)10-8-15/h3-10,12H,11H2,1-2H3,(H,19,20). The number of halogens is 1. The van der Waals surface area contributed by atoms with Gasteiger partial charge >= 0.3 is 0 Å². The smallest absolute Gasteiger partial charge is 0.224 e. The molecular formula is C17H18ClNO. The van der Waals surface area contributed by atoms with E-state index in [1.165, 1.54) is 0 Å². The van der Waals surface area contributed by atoms with Crippen molar-refractivity contribution in [3.63, 3.8) is 0 Å². The van der Waals surface area contributed by atoms with Gasteiger partial charge in [0.25, 0.3) is 0 Å². The summed E-state index contributed by atoms with van der Waals surface area (Å²) in [6.07, 6.45) is 0.416. The van der Waals surface area contributed by atoms with Crippen LogP contribution in [0.5, 0.6) is 0 Å².